The van der Waals surface area contributed by atoms with Gasteiger partial charge in [-0.15, -0.1) is 0 Å². The van der Waals surface area contributed by atoms with Gasteiger partial charge in [-0.2, -0.15) is 0 Å². The number of carbonyl (C=O) groups is 3. The summed E-state index contributed by atoms with van der Waals surface area (Å²) in [7, 11) is 4.10. The number of aromatic nitrogens is 1. The van der Waals surface area contributed by atoms with Crippen molar-refractivity contribution in [2.75, 3.05) is 64.0 Å². The first kappa shape index (κ1) is 29.4. The van der Waals surface area contributed by atoms with Crippen LogP contribution in [0.25, 0.3) is 0 Å². The zero-order chi connectivity index (χ0) is 29.2. The SMILES string of the molecule is CN(C)CCN1CCN(C(=O)Nc2cc(Oc3ccc(NC(=O)NC(=O)Cc4ccc(F)cc4)cc3)ccn2)CC1. The second kappa shape index (κ2) is 14.2. The number of imide groups is 1. The summed E-state index contributed by atoms with van der Waals surface area (Å²) in [5.41, 5.74) is 1.04. The molecular weight excluding hydrogens is 529 g/mol. The molecule has 41 heavy (non-hydrogen) atoms. The van der Waals surface area contributed by atoms with Gasteiger partial charge < -0.3 is 19.9 Å². The third-order valence-corrected chi connectivity index (χ3v) is 6.37. The molecule has 1 aliphatic heterocycles. The van der Waals surface area contributed by atoms with Crippen LogP contribution in [-0.2, 0) is 11.2 Å². The zero-order valence-corrected chi connectivity index (χ0v) is 23.1. The molecule has 0 atom stereocenters. The van der Waals surface area contributed by atoms with E-state index in [1.165, 1.54) is 24.3 Å². The van der Waals surface area contributed by atoms with E-state index in [-0.39, 0.29) is 12.5 Å². The van der Waals surface area contributed by atoms with Crippen LogP contribution in [0, 0.1) is 5.82 Å². The quantitative estimate of drug-likeness (QED) is 0.364. The molecule has 2 heterocycles. The van der Waals surface area contributed by atoms with Gasteiger partial charge in [-0.1, -0.05) is 12.1 Å². The van der Waals surface area contributed by atoms with E-state index in [1.54, 1.807) is 47.5 Å². The molecule has 0 unspecified atom stereocenters. The highest BCUT2D eigenvalue weighted by molar-refractivity contribution is 6.01. The highest BCUT2D eigenvalue weighted by atomic mass is 19.1. The van der Waals surface area contributed by atoms with Crippen LogP contribution >= 0.6 is 0 Å². The maximum Gasteiger partial charge on any atom is 0.325 e. The molecule has 2 aromatic carbocycles. The largest absolute Gasteiger partial charge is 0.457 e. The molecule has 5 amide bonds. The van der Waals surface area contributed by atoms with E-state index < -0.39 is 17.8 Å². The Morgan fingerprint density at radius 1 is 0.927 bits per heavy atom. The van der Waals surface area contributed by atoms with E-state index in [4.69, 9.17) is 4.74 Å². The molecule has 1 aliphatic rings. The number of urea groups is 2. The molecule has 0 radical (unpaired) electrons. The number of amides is 5. The third-order valence-electron chi connectivity index (χ3n) is 6.37. The van der Waals surface area contributed by atoms with Crippen LogP contribution in [0.4, 0.5) is 25.5 Å². The molecule has 1 aromatic heterocycles. The van der Waals surface area contributed by atoms with Crippen LogP contribution < -0.4 is 20.7 Å². The average Bonchev–Trinajstić information content (AvgIpc) is 2.94. The molecule has 0 spiro atoms. The molecule has 4 rings (SSSR count). The number of nitrogens with zero attached hydrogens (tertiary/aromatic N) is 4. The molecule has 3 aromatic rings. The maximum absolute atomic E-state index is 13.0. The Labute approximate surface area is 238 Å². The molecule has 0 saturated carbocycles. The fourth-order valence-electron chi connectivity index (χ4n) is 4.11. The Bertz CT molecular complexity index is 1330. The van der Waals surface area contributed by atoms with E-state index in [0.717, 1.165) is 26.2 Å². The summed E-state index contributed by atoms with van der Waals surface area (Å²) in [5, 5.41) is 7.66. The summed E-state index contributed by atoms with van der Waals surface area (Å²) in [5.74, 6) is 0.445. The van der Waals surface area contributed by atoms with Crippen molar-refractivity contribution in [3.63, 3.8) is 0 Å². The number of pyridine rings is 1. The van der Waals surface area contributed by atoms with Gasteiger partial charge in [0.15, 0.2) is 0 Å². The first-order chi connectivity index (χ1) is 19.7. The van der Waals surface area contributed by atoms with E-state index in [0.29, 0.717) is 41.7 Å². The van der Waals surface area contributed by atoms with Gasteiger partial charge in [0.1, 0.15) is 23.1 Å². The van der Waals surface area contributed by atoms with E-state index >= 15 is 0 Å². The summed E-state index contributed by atoms with van der Waals surface area (Å²) >= 11 is 0. The van der Waals surface area contributed by atoms with Gasteiger partial charge in [0.05, 0.1) is 6.42 Å². The number of anilines is 2. The lowest BCUT2D eigenvalue weighted by Gasteiger charge is -2.35. The summed E-state index contributed by atoms with van der Waals surface area (Å²) < 4.78 is 18.9. The highest BCUT2D eigenvalue weighted by Gasteiger charge is 2.21. The third kappa shape index (κ3) is 9.55. The van der Waals surface area contributed by atoms with Gasteiger partial charge in [-0.25, -0.2) is 19.0 Å². The minimum absolute atomic E-state index is 0.0530. The van der Waals surface area contributed by atoms with Crippen LogP contribution in [0.5, 0.6) is 11.5 Å². The Kier molecular flexibility index (Phi) is 10.2. The summed E-state index contributed by atoms with van der Waals surface area (Å²) in [6.45, 7) is 4.92. The zero-order valence-electron chi connectivity index (χ0n) is 23.1. The van der Waals surface area contributed by atoms with E-state index in [1.807, 2.05) is 14.1 Å². The summed E-state index contributed by atoms with van der Waals surface area (Å²) in [6, 6.07) is 14.5. The molecular formula is C29H34FN7O4. The number of hydrogen-bond donors (Lipinski definition) is 3. The van der Waals surface area contributed by atoms with Crippen molar-refractivity contribution < 1.29 is 23.5 Å². The van der Waals surface area contributed by atoms with E-state index in [9.17, 15) is 18.8 Å². The fourth-order valence-corrected chi connectivity index (χ4v) is 4.11. The summed E-state index contributed by atoms with van der Waals surface area (Å²) in [4.78, 5) is 47.5. The first-order valence-corrected chi connectivity index (χ1v) is 13.3. The minimum Gasteiger partial charge on any atom is -0.457 e. The lowest BCUT2D eigenvalue weighted by atomic mass is 10.1. The van der Waals surface area contributed by atoms with Crippen molar-refractivity contribution in [3.8, 4) is 11.5 Å². The van der Waals surface area contributed by atoms with E-state index in [2.05, 4.69) is 30.7 Å². The van der Waals surface area contributed by atoms with Gasteiger partial charge in [-0.05, 0) is 62.1 Å². The molecule has 0 aliphatic carbocycles. The van der Waals surface area contributed by atoms with Gasteiger partial charge in [-0.3, -0.25) is 20.3 Å². The molecule has 3 N–H and O–H groups in total. The average molecular weight is 564 g/mol. The Balaban J connectivity index is 1.22. The monoisotopic (exact) mass is 563 g/mol. The van der Waals surface area contributed by atoms with Gasteiger partial charge in [0, 0.05) is 57.2 Å². The van der Waals surface area contributed by atoms with Crippen molar-refractivity contribution in [2.24, 2.45) is 0 Å². The number of benzene rings is 2. The van der Waals surface area contributed by atoms with Crippen molar-refractivity contribution in [1.29, 1.82) is 0 Å². The predicted octanol–water partition coefficient (Wildman–Crippen LogP) is 3.61. The molecule has 12 heteroatoms. The van der Waals surface area contributed by atoms with Crippen molar-refractivity contribution in [2.45, 2.75) is 6.42 Å². The molecule has 216 valence electrons. The molecule has 1 saturated heterocycles. The Morgan fingerprint density at radius 3 is 2.32 bits per heavy atom. The van der Waals surface area contributed by atoms with Crippen LogP contribution in [0.2, 0.25) is 0 Å². The Morgan fingerprint density at radius 2 is 1.63 bits per heavy atom. The number of ether oxygens (including phenoxy) is 1. The summed E-state index contributed by atoms with van der Waals surface area (Å²) in [6.07, 6.45) is 1.50. The van der Waals surface area contributed by atoms with Crippen molar-refractivity contribution >= 4 is 29.5 Å². The van der Waals surface area contributed by atoms with Gasteiger partial charge in [0.25, 0.3) is 0 Å². The highest BCUT2D eigenvalue weighted by Crippen LogP contribution is 2.24. The lowest BCUT2D eigenvalue weighted by molar-refractivity contribution is -0.119. The van der Waals surface area contributed by atoms with Crippen molar-refractivity contribution in [1.82, 2.24) is 25.0 Å². The number of nitrogens with one attached hydrogen (secondary N) is 3. The normalized spacial score (nSPS) is 13.5. The van der Waals surface area contributed by atoms with Crippen LogP contribution in [0.3, 0.4) is 0 Å². The number of piperazine rings is 1. The number of hydrogen-bond acceptors (Lipinski definition) is 7. The Hall–Kier alpha value is -4.55. The minimum atomic E-state index is -0.685. The van der Waals surface area contributed by atoms with Crippen LogP contribution in [-0.4, -0.2) is 91.0 Å². The smallest absolute Gasteiger partial charge is 0.325 e. The maximum atomic E-state index is 13.0. The fraction of sp³-hybridized carbons (Fsp3) is 0.310. The standard InChI is InChI=1S/C29H34FN7O4/c1-35(2)13-14-36-15-17-37(18-16-36)29(40)33-26-20-25(11-12-31-26)41-24-9-7-23(8-10-24)32-28(39)34-27(38)19-21-3-5-22(30)6-4-21/h3-12,20H,13-19H2,1-2H3,(H,31,33,40)(H2,32,34,38,39). The topological polar surface area (TPSA) is 119 Å². The second-order valence-electron chi connectivity index (χ2n) is 9.87. The molecule has 1 fully saturated rings. The van der Waals surface area contributed by atoms with Crippen LogP contribution in [0.15, 0.2) is 66.9 Å². The number of rotatable bonds is 9. The van der Waals surface area contributed by atoms with Crippen molar-refractivity contribution in [3.05, 3.63) is 78.2 Å². The van der Waals surface area contributed by atoms with Crippen LogP contribution in [0.1, 0.15) is 5.56 Å². The molecule has 0 bridgehead atoms. The lowest BCUT2D eigenvalue weighted by Crippen LogP contribution is -2.51. The second-order valence-corrected chi connectivity index (χ2v) is 9.87. The van der Waals surface area contributed by atoms with Gasteiger partial charge >= 0.3 is 12.1 Å². The number of likely N-dealkylation sites (N-methyl/N-ethyl adjacent to an activating group) is 1. The number of halogens is 1. The number of carbonyl (C=O) groups excluding carboxylic acids is 3. The predicted molar refractivity (Wildman–Crippen MR) is 154 cm³/mol. The molecule has 11 nitrogen and oxygen atoms in total. The first-order valence-electron chi connectivity index (χ1n) is 13.3. The van der Waals surface area contributed by atoms with Gasteiger partial charge in [0.2, 0.25) is 5.91 Å².